The minimum absolute atomic E-state index is 0.210. The monoisotopic (exact) mass is 221 g/mol. The number of halogens is 2. The van der Waals surface area contributed by atoms with Gasteiger partial charge >= 0.3 is 0 Å². The van der Waals surface area contributed by atoms with Crippen molar-refractivity contribution in [3.8, 4) is 11.1 Å². The molecule has 0 radical (unpaired) electrons. The summed E-state index contributed by atoms with van der Waals surface area (Å²) in [5, 5.41) is 8.92. The minimum atomic E-state index is -0.609. The predicted octanol–water partition coefficient (Wildman–Crippen LogP) is 2.52. The molecule has 0 atom stereocenters. The Kier molecular flexibility index (Phi) is 2.92. The fourth-order valence-corrected chi connectivity index (χ4v) is 1.46. The van der Waals surface area contributed by atoms with Gasteiger partial charge in [-0.1, -0.05) is 18.2 Å². The molecule has 0 amide bonds. The number of nitrogens with zero attached hydrogens (tertiary/aromatic N) is 1. The van der Waals surface area contributed by atoms with Crippen LogP contribution in [0.5, 0.6) is 0 Å². The van der Waals surface area contributed by atoms with Crippen molar-refractivity contribution in [1.82, 2.24) is 4.98 Å². The Bertz CT molecular complexity index is 497. The van der Waals surface area contributed by atoms with E-state index in [4.69, 9.17) is 5.11 Å². The third-order valence-corrected chi connectivity index (χ3v) is 2.29. The SMILES string of the molecule is OCc1cccc(-c2ccc(F)nc2)c1F. The van der Waals surface area contributed by atoms with Crippen LogP contribution >= 0.6 is 0 Å². The van der Waals surface area contributed by atoms with E-state index in [2.05, 4.69) is 4.98 Å². The van der Waals surface area contributed by atoms with Crippen molar-refractivity contribution in [2.45, 2.75) is 6.61 Å². The molecule has 2 nitrogen and oxygen atoms in total. The van der Waals surface area contributed by atoms with Crippen molar-refractivity contribution in [2.24, 2.45) is 0 Å². The van der Waals surface area contributed by atoms with Crippen LogP contribution in [0, 0.1) is 11.8 Å². The van der Waals surface area contributed by atoms with Crippen LogP contribution in [0.3, 0.4) is 0 Å². The van der Waals surface area contributed by atoms with E-state index >= 15 is 0 Å². The molecule has 2 rings (SSSR count). The van der Waals surface area contributed by atoms with Gasteiger partial charge in [0.2, 0.25) is 5.95 Å². The van der Waals surface area contributed by atoms with Crippen LogP contribution in [0.1, 0.15) is 5.56 Å². The van der Waals surface area contributed by atoms with Crippen LogP contribution in [0.25, 0.3) is 11.1 Å². The van der Waals surface area contributed by atoms with E-state index in [1.807, 2.05) is 0 Å². The van der Waals surface area contributed by atoms with Gasteiger partial charge in [-0.2, -0.15) is 4.39 Å². The molecule has 0 bridgehead atoms. The van der Waals surface area contributed by atoms with E-state index in [1.54, 1.807) is 12.1 Å². The molecule has 1 N–H and O–H groups in total. The van der Waals surface area contributed by atoms with Gasteiger partial charge in [0.05, 0.1) is 6.61 Å². The maximum absolute atomic E-state index is 13.8. The van der Waals surface area contributed by atoms with Crippen molar-refractivity contribution in [2.75, 3.05) is 0 Å². The maximum atomic E-state index is 13.8. The number of hydrogen-bond acceptors (Lipinski definition) is 2. The lowest BCUT2D eigenvalue weighted by atomic mass is 10.0. The first-order chi connectivity index (χ1) is 7.72. The van der Waals surface area contributed by atoms with E-state index in [0.29, 0.717) is 11.1 Å². The van der Waals surface area contributed by atoms with Crippen molar-refractivity contribution in [1.29, 1.82) is 0 Å². The summed E-state index contributed by atoms with van der Waals surface area (Å²) < 4.78 is 26.4. The Morgan fingerprint density at radius 2 is 1.94 bits per heavy atom. The van der Waals surface area contributed by atoms with E-state index < -0.39 is 11.8 Å². The Balaban J connectivity index is 2.51. The van der Waals surface area contributed by atoms with Gasteiger partial charge in [-0.3, -0.25) is 0 Å². The number of pyridine rings is 1. The fourth-order valence-electron chi connectivity index (χ4n) is 1.46. The lowest BCUT2D eigenvalue weighted by Crippen LogP contribution is -1.93. The molecular formula is C12H9F2NO. The van der Waals surface area contributed by atoms with Gasteiger partial charge in [0, 0.05) is 22.9 Å². The molecule has 0 aliphatic carbocycles. The van der Waals surface area contributed by atoms with E-state index in [9.17, 15) is 8.78 Å². The molecule has 1 aromatic heterocycles. The maximum Gasteiger partial charge on any atom is 0.212 e. The highest BCUT2D eigenvalue weighted by molar-refractivity contribution is 5.63. The largest absolute Gasteiger partial charge is 0.392 e. The molecule has 0 fully saturated rings. The Hall–Kier alpha value is -1.81. The fraction of sp³-hybridized carbons (Fsp3) is 0.0833. The number of rotatable bonds is 2. The van der Waals surface area contributed by atoms with E-state index in [1.165, 1.54) is 24.4 Å². The topological polar surface area (TPSA) is 33.1 Å². The molecule has 16 heavy (non-hydrogen) atoms. The van der Waals surface area contributed by atoms with Gasteiger partial charge in [-0.25, -0.2) is 9.37 Å². The van der Waals surface area contributed by atoms with Crippen LogP contribution in [-0.4, -0.2) is 10.1 Å². The highest BCUT2D eigenvalue weighted by atomic mass is 19.1. The molecule has 0 aliphatic heterocycles. The van der Waals surface area contributed by atoms with Crippen LogP contribution in [0.2, 0.25) is 0 Å². The second-order valence-electron chi connectivity index (χ2n) is 3.31. The van der Waals surface area contributed by atoms with Crippen LogP contribution < -0.4 is 0 Å². The molecule has 1 heterocycles. The molecule has 0 saturated heterocycles. The van der Waals surface area contributed by atoms with Gasteiger partial charge < -0.3 is 5.11 Å². The summed E-state index contributed by atoms with van der Waals surface area (Å²) in [7, 11) is 0. The summed E-state index contributed by atoms with van der Waals surface area (Å²) in [6.07, 6.45) is 1.26. The minimum Gasteiger partial charge on any atom is -0.392 e. The Morgan fingerprint density at radius 3 is 2.56 bits per heavy atom. The van der Waals surface area contributed by atoms with Gasteiger partial charge in [-0.05, 0) is 12.1 Å². The molecule has 4 heteroatoms. The van der Waals surface area contributed by atoms with Crippen molar-refractivity contribution >= 4 is 0 Å². The third kappa shape index (κ3) is 1.92. The van der Waals surface area contributed by atoms with Crippen molar-refractivity contribution in [3.63, 3.8) is 0 Å². The molecule has 0 unspecified atom stereocenters. The van der Waals surface area contributed by atoms with E-state index in [0.717, 1.165) is 0 Å². The lowest BCUT2D eigenvalue weighted by molar-refractivity contribution is 0.276. The van der Waals surface area contributed by atoms with Gasteiger partial charge in [0.15, 0.2) is 0 Å². The first kappa shape index (κ1) is 10.7. The standard InChI is InChI=1S/C12H9F2NO/c13-11-5-4-8(6-15-11)10-3-1-2-9(7-16)12(10)14/h1-6,16H,7H2. The zero-order chi connectivity index (χ0) is 11.5. The molecule has 2 aromatic rings. The molecule has 82 valence electrons. The first-order valence-electron chi connectivity index (χ1n) is 4.72. The highest BCUT2D eigenvalue weighted by Crippen LogP contribution is 2.24. The summed E-state index contributed by atoms with van der Waals surface area (Å²) in [6, 6.07) is 7.30. The number of aromatic nitrogens is 1. The molecule has 0 saturated carbocycles. The Morgan fingerprint density at radius 1 is 1.12 bits per heavy atom. The summed E-state index contributed by atoms with van der Waals surface area (Å²) in [6.45, 7) is -0.367. The van der Waals surface area contributed by atoms with E-state index in [-0.39, 0.29) is 12.2 Å². The molecule has 0 aliphatic rings. The number of aliphatic hydroxyl groups is 1. The first-order valence-corrected chi connectivity index (χ1v) is 4.72. The van der Waals surface area contributed by atoms with Crippen LogP contribution in [0.15, 0.2) is 36.5 Å². The zero-order valence-corrected chi connectivity index (χ0v) is 8.32. The molecular weight excluding hydrogens is 212 g/mol. The van der Waals surface area contributed by atoms with Gasteiger partial charge in [0.25, 0.3) is 0 Å². The average Bonchev–Trinajstić information content (AvgIpc) is 2.31. The summed E-state index contributed by atoms with van der Waals surface area (Å²) >= 11 is 0. The van der Waals surface area contributed by atoms with Crippen LogP contribution in [-0.2, 0) is 6.61 Å². The second-order valence-corrected chi connectivity index (χ2v) is 3.31. The molecule has 1 aromatic carbocycles. The predicted molar refractivity (Wildman–Crippen MR) is 55.5 cm³/mol. The number of hydrogen-bond donors (Lipinski definition) is 1. The summed E-state index contributed by atoms with van der Waals surface area (Å²) in [4.78, 5) is 3.46. The van der Waals surface area contributed by atoms with Crippen molar-refractivity contribution < 1.29 is 13.9 Å². The lowest BCUT2D eigenvalue weighted by Gasteiger charge is -2.06. The normalized spacial score (nSPS) is 10.4. The van der Waals surface area contributed by atoms with Gasteiger partial charge in [-0.15, -0.1) is 0 Å². The van der Waals surface area contributed by atoms with Crippen molar-refractivity contribution in [3.05, 3.63) is 53.9 Å². The number of aliphatic hydroxyl groups excluding tert-OH is 1. The smallest absolute Gasteiger partial charge is 0.212 e. The zero-order valence-electron chi connectivity index (χ0n) is 8.32. The summed E-state index contributed by atoms with van der Waals surface area (Å²) in [5.41, 5.74) is 0.995. The number of benzene rings is 1. The highest BCUT2D eigenvalue weighted by Gasteiger charge is 2.09. The van der Waals surface area contributed by atoms with Crippen LogP contribution in [0.4, 0.5) is 8.78 Å². The average molecular weight is 221 g/mol. The summed E-state index contributed by atoms with van der Waals surface area (Å²) in [5.74, 6) is -1.11. The third-order valence-electron chi connectivity index (χ3n) is 2.29. The Labute approximate surface area is 91.2 Å². The quantitative estimate of drug-likeness (QED) is 0.790. The molecule has 0 spiro atoms. The second kappa shape index (κ2) is 4.37. The van der Waals surface area contributed by atoms with Gasteiger partial charge in [0.1, 0.15) is 5.82 Å².